The van der Waals surface area contributed by atoms with Crippen LogP contribution >= 0.6 is 23.2 Å². The Morgan fingerprint density at radius 2 is 1.79 bits per heavy atom. The molecule has 1 N–H and O–H groups in total. The third kappa shape index (κ3) is 5.35. The maximum Gasteiger partial charge on any atom is 0.292 e. The highest BCUT2D eigenvalue weighted by molar-refractivity contribution is 6.33. The van der Waals surface area contributed by atoms with E-state index in [2.05, 4.69) is 10.4 Å². The smallest absolute Gasteiger partial charge is 0.292 e. The van der Waals surface area contributed by atoms with Gasteiger partial charge in [-0.3, -0.25) is 14.5 Å². The third-order valence-corrected chi connectivity index (χ3v) is 6.27. The van der Waals surface area contributed by atoms with E-state index in [-0.39, 0.29) is 23.3 Å². The fourth-order valence-electron chi connectivity index (χ4n) is 3.63. The molecule has 0 unspecified atom stereocenters. The number of anilines is 2. The largest absolute Gasteiger partial charge is 0.366 e. The van der Waals surface area contributed by atoms with E-state index in [0.717, 1.165) is 5.56 Å². The van der Waals surface area contributed by atoms with Crippen LogP contribution < -0.4 is 15.8 Å². The number of aryl methyl sites for hydroxylation is 1. The van der Waals surface area contributed by atoms with Crippen molar-refractivity contribution in [2.45, 2.75) is 6.92 Å². The Hall–Kier alpha value is -2.94. The van der Waals surface area contributed by atoms with E-state index in [0.29, 0.717) is 48.3 Å². The molecule has 172 valence electrons. The van der Waals surface area contributed by atoms with E-state index in [1.807, 2.05) is 22.8 Å². The second-order valence-corrected chi connectivity index (χ2v) is 8.60. The van der Waals surface area contributed by atoms with E-state index in [1.165, 1.54) is 28.9 Å². The molecule has 10 heteroatoms. The summed E-state index contributed by atoms with van der Waals surface area (Å²) in [5.41, 5.74) is 2.14. The second kappa shape index (κ2) is 9.91. The van der Waals surface area contributed by atoms with Crippen LogP contribution in [0.5, 0.6) is 0 Å². The Kier molecular flexibility index (Phi) is 6.97. The quantitative estimate of drug-likeness (QED) is 0.590. The van der Waals surface area contributed by atoms with Crippen LogP contribution in [0.25, 0.3) is 5.69 Å². The van der Waals surface area contributed by atoms with Crippen LogP contribution in [-0.4, -0.2) is 53.3 Å². The molecule has 1 aliphatic rings. The summed E-state index contributed by atoms with van der Waals surface area (Å²) in [6.45, 7) is 4.50. The number of hydrogen-bond donors (Lipinski definition) is 1. The van der Waals surface area contributed by atoms with Crippen molar-refractivity contribution in [3.05, 3.63) is 80.4 Å². The molecule has 0 aliphatic carbocycles. The summed E-state index contributed by atoms with van der Waals surface area (Å²) < 4.78 is 14.2. The summed E-state index contributed by atoms with van der Waals surface area (Å²) in [4.78, 5) is 29.1. The second-order valence-electron chi connectivity index (χ2n) is 7.81. The van der Waals surface area contributed by atoms with E-state index in [9.17, 15) is 14.0 Å². The lowest BCUT2D eigenvalue weighted by Gasteiger charge is -2.35. The average molecular weight is 490 g/mol. The number of halogens is 3. The number of hydrogen-bond acceptors (Lipinski definition) is 5. The van der Waals surface area contributed by atoms with Crippen molar-refractivity contribution in [3.8, 4) is 5.69 Å². The first kappa shape index (κ1) is 23.2. The zero-order chi connectivity index (χ0) is 23.5. The zero-order valence-electron chi connectivity index (χ0n) is 17.9. The van der Waals surface area contributed by atoms with Crippen LogP contribution in [0.3, 0.4) is 0 Å². The topological polar surface area (TPSA) is 70.5 Å². The summed E-state index contributed by atoms with van der Waals surface area (Å²) in [6.07, 6.45) is 1.58. The number of carbonyl (C=O) groups is 1. The summed E-state index contributed by atoms with van der Waals surface area (Å²) in [5, 5.41) is 7.68. The molecule has 4 rings (SSSR count). The minimum absolute atomic E-state index is 0.0872. The van der Waals surface area contributed by atoms with Crippen molar-refractivity contribution in [1.29, 1.82) is 0 Å². The molecule has 0 saturated carbocycles. The maximum atomic E-state index is 13.0. The normalized spacial score (nSPS) is 14.4. The molecular formula is C23H22Cl2FN5O2. The molecule has 1 saturated heterocycles. The minimum Gasteiger partial charge on any atom is -0.366 e. The first-order valence-electron chi connectivity index (χ1n) is 10.4. The summed E-state index contributed by atoms with van der Waals surface area (Å²) in [6, 6.07) is 10.9. The molecule has 1 fully saturated rings. The van der Waals surface area contributed by atoms with Gasteiger partial charge in [-0.2, -0.15) is 9.78 Å². The fourth-order valence-corrected chi connectivity index (χ4v) is 4.05. The lowest BCUT2D eigenvalue weighted by molar-refractivity contribution is -0.117. The van der Waals surface area contributed by atoms with E-state index in [1.54, 1.807) is 18.3 Å². The molecule has 0 bridgehead atoms. The van der Waals surface area contributed by atoms with Gasteiger partial charge in [-0.05, 0) is 48.9 Å². The molecule has 2 aromatic carbocycles. The predicted octanol–water partition coefficient (Wildman–Crippen LogP) is 3.75. The predicted molar refractivity (Wildman–Crippen MR) is 128 cm³/mol. The van der Waals surface area contributed by atoms with E-state index in [4.69, 9.17) is 23.2 Å². The number of benzene rings is 2. The number of amides is 1. The van der Waals surface area contributed by atoms with Crippen molar-refractivity contribution >= 4 is 40.5 Å². The minimum atomic E-state index is -0.421. The molecule has 3 aromatic rings. The Morgan fingerprint density at radius 1 is 1.09 bits per heavy atom. The molecule has 0 radical (unpaired) electrons. The Labute approximate surface area is 200 Å². The highest BCUT2D eigenvalue weighted by atomic mass is 35.5. The molecule has 0 spiro atoms. The fraction of sp³-hybridized carbons (Fsp3) is 0.261. The summed E-state index contributed by atoms with van der Waals surface area (Å²) in [7, 11) is 0. The van der Waals surface area contributed by atoms with Crippen molar-refractivity contribution in [1.82, 2.24) is 14.7 Å². The molecule has 7 nitrogen and oxygen atoms in total. The van der Waals surface area contributed by atoms with E-state index >= 15 is 0 Å². The van der Waals surface area contributed by atoms with Gasteiger partial charge in [-0.1, -0.05) is 29.3 Å². The molecule has 2 heterocycles. The van der Waals surface area contributed by atoms with Crippen molar-refractivity contribution in [3.63, 3.8) is 0 Å². The van der Waals surface area contributed by atoms with Crippen LogP contribution in [0.4, 0.5) is 15.8 Å². The van der Waals surface area contributed by atoms with Gasteiger partial charge in [-0.25, -0.2) is 4.39 Å². The van der Waals surface area contributed by atoms with Crippen LogP contribution in [0.1, 0.15) is 5.56 Å². The lowest BCUT2D eigenvalue weighted by atomic mass is 10.2. The van der Waals surface area contributed by atoms with Crippen molar-refractivity contribution < 1.29 is 9.18 Å². The number of nitrogens with zero attached hydrogens (tertiary/aromatic N) is 4. The monoisotopic (exact) mass is 489 g/mol. The van der Waals surface area contributed by atoms with Crippen LogP contribution in [0.2, 0.25) is 10.0 Å². The SMILES string of the molecule is Cc1ccc(-n2ncc(N3CCN(CC(=O)Nc4ccc(F)cc4)CC3)c(Cl)c2=O)cc1Cl. The number of rotatable bonds is 5. The highest BCUT2D eigenvalue weighted by Gasteiger charge is 2.23. The number of nitrogens with one attached hydrogen (secondary N) is 1. The van der Waals surface area contributed by atoms with Gasteiger partial charge in [0, 0.05) is 36.9 Å². The molecule has 0 atom stereocenters. The van der Waals surface area contributed by atoms with Gasteiger partial charge in [0.15, 0.2) is 0 Å². The first-order valence-corrected chi connectivity index (χ1v) is 11.1. The van der Waals surface area contributed by atoms with Gasteiger partial charge < -0.3 is 10.2 Å². The Balaban J connectivity index is 1.38. The van der Waals surface area contributed by atoms with Crippen molar-refractivity contribution in [2.24, 2.45) is 0 Å². The Morgan fingerprint density at radius 3 is 2.45 bits per heavy atom. The molecule has 1 aliphatic heterocycles. The van der Waals surface area contributed by atoms with Crippen LogP contribution in [-0.2, 0) is 4.79 Å². The average Bonchev–Trinajstić information content (AvgIpc) is 2.80. The van der Waals surface area contributed by atoms with Gasteiger partial charge in [0.1, 0.15) is 10.8 Å². The Bertz CT molecular complexity index is 1220. The summed E-state index contributed by atoms with van der Waals surface area (Å²) in [5.74, 6) is -0.526. The molecule has 1 aromatic heterocycles. The highest BCUT2D eigenvalue weighted by Crippen LogP contribution is 2.24. The number of carbonyl (C=O) groups excluding carboxylic acids is 1. The van der Waals surface area contributed by atoms with Crippen molar-refractivity contribution in [2.75, 3.05) is 42.9 Å². The molecule has 1 amide bonds. The third-order valence-electron chi connectivity index (χ3n) is 5.51. The first-order chi connectivity index (χ1) is 15.8. The maximum absolute atomic E-state index is 13.0. The van der Waals surface area contributed by atoms with Gasteiger partial charge in [-0.15, -0.1) is 0 Å². The zero-order valence-corrected chi connectivity index (χ0v) is 19.4. The van der Waals surface area contributed by atoms with Crippen LogP contribution in [0.15, 0.2) is 53.5 Å². The van der Waals surface area contributed by atoms with Gasteiger partial charge >= 0.3 is 0 Å². The van der Waals surface area contributed by atoms with Gasteiger partial charge in [0.25, 0.3) is 5.56 Å². The number of piperazine rings is 1. The molecular weight excluding hydrogens is 468 g/mol. The van der Waals surface area contributed by atoms with Crippen LogP contribution in [0, 0.1) is 12.7 Å². The standard InChI is InChI=1S/C23H22Cl2FN5O2/c1-15-2-7-18(12-19(15)24)31-23(33)22(25)20(13-27-31)30-10-8-29(9-11-30)14-21(32)28-17-5-3-16(26)4-6-17/h2-7,12-13H,8-11,14H2,1H3,(H,28,32). The lowest BCUT2D eigenvalue weighted by Crippen LogP contribution is -2.49. The number of aromatic nitrogens is 2. The van der Waals surface area contributed by atoms with Gasteiger partial charge in [0.05, 0.1) is 24.1 Å². The van der Waals surface area contributed by atoms with E-state index < -0.39 is 5.56 Å². The van der Waals surface area contributed by atoms with Gasteiger partial charge in [0.2, 0.25) is 5.91 Å². The summed E-state index contributed by atoms with van der Waals surface area (Å²) >= 11 is 12.6. The molecule has 33 heavy (non-hydrogen) atoms.